The molecule has 0 saturated carbocycles. The van der Waals surface area contributed by atoms with E-state index >= 15 is 0 Å². The van der Waals surface area contributed by atoms with Crippen LogP contribution in [0.4, 0.5) is 0 Å². The number of fused-ring (bicyclic) bond motifs is 2. The number of benzene rings is 1. The third kappa shape index (κ3) is 2.83. The number of rotatable bonds is 4. The zero-order valence-corrected chi connectivity index (χ0v) is 14.2. The summed E-state index contributed by atoms with van der Waals surface area (Å²) in [7, 11) is 1.54. The van der Waals surface area contributed by atoms with Gasteiger partial charge in [-0.3, -0.25) is 9.59 Å². The Hall–Kier alpha value is -3.48. The fourth-order valence-corrected chi connectivity index (χ4v) is 2.96. The van der Waals surface area contributed by atoms with E-state index in [1.807, 2.05) is 35.0 Å². The molecule has 0 aliphatic rings. The maximum atomic E-state index is 12.6. The van der Waals surface area contributed by atoms with E-state index in [2.05, 4.69) is 15.4 Å². The predicted octanol–water partition coefficient (Wildman–Crippen LogP) is 1.55. The maximum absolute atomic E-state index is 12.6. The van der Waals surface area contributed by atoms with E-state index in [0.29, 0.717) is 23.7 Å². The number of carbonyl (C=O) groups excluding carboxylic acids is 1. The average Bonchev–Trinajstić information content (AvgIpc) is 3.07. The Labute approximate surface area is 148 Å². The number of nitrogens with zero attached hydrogens (tertiary/aromatic N) is 4. The number of hydrogen-bond donors (Lipinski definition) is 1. The van der Waals surface area contributed by atoms with Gasteiger partial charge in [0.05, 0.1) is 11.1 Å². The van der Waals surface area contributed by atoms with Crippen molar-refractivity contribution in [3.05, 3.63) is 76.6 Å². The lowest BCUT2D eigenvalue weighted by Gasteiger charge is -2.08. The van der Waals surface area contributed by atoms with Gasteiger partial charge in [-0.1, -0.05) is 24.3 Å². The van der Waals surface area contributed by atoms with Crippen LogP contribution in [0.5, 0.6) is 0 Å². The summed E-state index contributed by atoms with van der Waals surface area (Å²) >= 11 is 0. The molecule has 0 aliphatic carbocycles. The van der Waals surface area contributed by atoms with E-state index in [0.717, 1.165) is 11.3 Å². The van der Waals surface area contributed by atoms with Crippen LogP contribution in [0.25, 0.3) is 16.4 Å². The molecular formula is C19H17N5O2. The summed E-state index contributed by atoms with van der Waals surface area (Å²) < 4.78 is 3.14. The predicted molar refractivity (Wildman–Crippen MR) is 98.2 cm³/mol. The van der Waals surface area contributed by atoms with Gasteiger partial charge in [0, 0.05) is 37.8 Å². The Morgan fingerprint density at radius 3 is 2.69 bits per heavy atom. The lowest BCUT2D eigenvalue weighted by molar-refractivity contribution is 0.0949. The first kappa shape index (κ1) is 16.0. The van der Waals surface area contributed by atoms with Crippen LogP contribution in [-0.4, -0.2) is 31.6 Å². The zero-order chi connectivity index (χ0) is 18.1. The smallest absolute Gasteiger partial charge is 0.274 e. The number of imidazole rings is 1. The molecular weight excluding hydrogens is 330 g/mol. The van der Waals surface area contributed by atoms with Crippen molar-refractivity contribution >= 4 is 22.3 Å². The van der Waals surface area contributed by atoms with Crippen molar-refractivity contribution in [2.45, 2.75) is 6.42 Å². The molecule has 0 spiro atoms. The van der Waals surface area contributed by atoms with Gasteiger partial charge in [-0.25, -0.2) is 9.67 Å². The monoisotopic (exact) mass is 347 g/mol. The Balaban J connectivity index is 1.52. The molecule has 130 valence electrons. The van der Waals surface area contributed by atoms with Gasteiger partial charge < -0.3 is 9.72 Å². The summed E-state index contributed by atoms with van der Waals surface area (Å²) in [5.74, 6) is -0.305. The molecule has 4 rings (SSSR count). The number of aryl methyl sites for hydroxylation is 1. The molecule has 1 aromatic carbocycles. The van der Waals surface area contributed by atoms with Crippen LogP contribution in [0.15, 0.2) is 59.7 Å². The second-order valence-corrected chi connectivity index (χ2v) is 6.03. The van der Waals surface area contributed by atoms with Crippen molar-refractivity contribution in [3.8, 4) is 0 Å². The van der Waals surface area contributed by atoms with Gasteiger partial charge >= 0.3 is 0 Å². The van der Waals surface area contributed by atoms with Gasteiger partial charge in [0.25, 0.3) is 11.5 Å². The van der Waals surface area contributed by atoms with Crippen LogP contribution >= 0.6 is 0 Å². The zero-order valence-electron chi connectivity index (χ0n) is 14.2. The van der Waals surface area contributed by atoms with Crippen LogP contribution in [0, 0.1) is 0 Å². The summed E-state index contributed by atoms with van der Waals surface area (Å²) in [6.45, 7) is 0.432. The minimum absolute atomic E-state index is 0.221. The average molecular weight is 347 g/mol. The molecule has 0 aliphatic heterocycles. The second-order valence-electron chi connectivity index (χ2n) is 6.03. The van der Waals surface area contributed by atoms with Crippen LogP contribution in [0.2, 0.25) is 0 Å². The van der Waals surface area contributed by atoms with Crippen molar-refractivity contribution < 1.29 is 4.79 Å². The topological polar surface area (TPSA) is 81.3 Å². The molecule has 4 aromatic rings. The first-order chi connectivity index (χ1) is 12.6. The highest BCUT2D eigenvalue weighted by Gasteiger charge is 2.15. The molecule has 1 N–H and O–H groups in total. The largest absolute Gasteiger partial charge is 0.350 e. The van der Waals surface area contributed by atoms with Gasteiger partial charge in [0.15, 0.2) is 5.69 Å². The highest BCUT2D eigenvalue weighted by atomic mass is 16.2. The fourth-order valence-electron chi connectivity index (χ4n) is 2.96. The Morgan fingerprint density at radius 2 is 1.88 bits per heavy atom. The van der Waals surface area contributed by atoms with Crippen LogP contribution in [0.1, 0.15) is 16.2 Å². The van der Waals surface area contributed by atoms with Gasteiger partial charge in [0.1, 0.15) is 5.65 Å². The molecule has 26 heavy (non-hydrogen) atoms. The minimum Gasteiger partial charge on any atom is -0.350 e. The molecule has 3 aromatic heterocycles. The third-order valence-corrected chi connectivity index (χ3v) is 4.25. The van der Waals surface area contributed by atoms with Crippen molar-refractivity contribution in [2.75, 3.05) is 6.54 Å². The van der Waals surface area contributed by atoms with E-state index in [1.165, 1.54) is 4.68 Å². The maximum Gasteiger partial charge on any atom is 0.274 e. The number of amides is 1. The summed E-state index contributed by atoms with van der Waals surface area (Å²) in [5.41, 5.74) is 1.80. The summed E-state index contributed by atoms with van der Waals surface area (Å²) in [5, 5.41) is 8.04. The molecule has 0 bridgehead atoms. The fraction of sp³-hybridized carbons (Fsp3) is 0.158. The number of hydrogen-bond acceptors (Lipinski definition) is 4. The third-order valence-electron chi connectivity index (χ3n) is 4.25. The van der Waals surface area contributed by atoms with Gasteiger partial charge in [-0.15, -0.1) is 0 Å². The van der Waals surface area contributed by atoms with Gasteiger partial charge in [-0.05, 0) is 18.2 Å². The summed E-state index contributed by atoms with van der Waals surface area (Å²) in [6.07, 6.45) is 4.49. The number of aromatic nitrogens is 4. The summed E-state index contributed by atoms with van der Waals surface area (Å²) in [6, 6.07) is 12.8. The van der Waals surface area contributed by atoms with Crippen LogP contribution < -0.4 is 10.9 Å². The summed E-state index contributed by atoms with van der Waals surface area (Å²) in [4.78, 5) is 29.2. The van der Waals surface area contributed by atoms with Gasteiger partial charge in [0.2, 0.25) is 0 Å². The van der Waals surface area contributed by atoms with Crippen molar-refractivity contribution in [1.29, 1.82) is 0 Å². The Bertz CT molecular complexity index is 1140. The number of carbonyl (C=O) groups is 1. The number of nitrogens with one attached hydrogen (secondary N) is 1. The van der Waals surface area contributed by atoms with E-state index in [9.17, 15) is 9.59 Å². The first-order valence-corrected chi connectivity index (χ1v) is 8.30. The van der Waals surface area contributed by atoms with Crippen molar-refractivity contribution in [2.24, 2.45) is 7.05 Å². The molecule has 0 radical (unpaired) electrons. The van der Waals surface area contributed by atoms with E-state index in [1.54, 1.807) is 31.3 Å². The highest BCUT2D eigenvalue weighted by molar-refractivity contribution is 6.04. The number of pyridine rings is 1. The molecule has 0 saturated heterocycles. The van der Waals surface area contributed by atoms with Gasteiger partial charge in [-0.2, -0.15) is 5.10 Å². The molecule has 0 unspecified atom stereocenters. The SMILES string of the molecule is Cn1nc(C(=O)NCCc2cn3ccccc3n2)c2ccccc2c1=O. The molecule has 1 amide bonds. The molecule has 0 atom stereocenters. The molecule has 7 heteroatoms. The van der Waals surface area contributed by atoms with E-state index in [-0.39, 0.29) is 17.2 Å². The van der Waals surface area contributed by atoms with E-state index < -0.39 is 0 Å². The lowest BCUT2D eigenvalue weighted by Crippen LogP contribution is -2.30. The van der Waals surface area contributed by atoms with Crippen molar-refractivity contribution in [3.63, 3.8) is 0 Å². The molecule has 3 heterocycles. The highest BCUT2D eigenvalue weighted by Crippen LogP contribution is 2.13. The van der Waals surface area contributed by atoms with Crippen molar-refractivity contribution in [1.82, 2.24) is 24.5 Å². The second kappa shape index (κ2) is 6.44. The lowest BCUT2D eigenvalue weighted by atomic mass is 10.1. The van der Waals surface area contributed by atoms with E-state index in [4.69, 9.17) is 0 Å². The minimum atomic E-state index is -0.305. The Morgan fingerprint density at radius 1 is 1.12 bits per heavy atom. The normalized spacial score (nSPS) is 11.1. The molecule has 7 nitrogen and oxygen atoms in total. The first-order valence-electron chi connectivity index (χ1n) is 8.30. The Kier molecular flexibility index (Phi) is 3.96. The quantitative estimate of drug-likeness (QED) is 0.607. The molecule has 0 fully saturated rings. The standard InChI is InChI=1S/C19H17N5O2/c1-23-19(26)15-7-3-2-6-14(15)17(22-23)18(25)20-10-9-13-12-24-11-5-4-8-16(24)21-13/h2-8,11-12H,9-10H2,1H3,(H,20,25). The van der Waals surface area contributed by atoms with Crippen LogP contribution in [0.3, 0.4) is 0 Å². The van der Waals surface area contributed by atoms with Crippen LogP contribution in [-0.2, 0) is 13.5 Å².